The van der Waals surface area contributed by atoms with E-state index in [0.717, 1.165) is 18.6 Å². The fourth-order valence-electron chi connectivity index (χ4n) is 1.43. The minimum atomic E-state index is -0.863. The number of hydrogen-bond donors (Lipinski definition) is 3. The van der Waals surface area contributed by atoms with Crippen LogP contribution in [-0.4, -0.2) is 32.3 Å². The SMILES string of the molecule is N=CCn1c(=O)n(CC=N)c(=O)n(CC=N)c1=O. The Morgan fingerprint density at radius 1 is 0.667 bits per heavy atom. The van der Waals surface area contributed by atoms with Crippen LogP contribution in [0.25, 0.3) is 0 Å². The Bertz CT molecular complexity index is 529. The van der Waals surface area contributed by atoms with E-state index >= 15 is 0 Å². The number of nitrogens with zero attached hydrogens (tertiary/aromatic N) is 3. The van der Waals surface area contributed by atoms with Crippen LogP contribution in [0.3, 0.4) is 0 Å². The molecule has 1 aromatic heterocycles. The van der Waals surface area contributed by atoms with Crippen molar-refractivity contribution in [3.8, 4) is 0 Å². The maximum absolute atomic E-state index is 11.8. The van der Waals surface area contributed by atoms with Gasteiger partial charge in [0.2, 0.25) is 0 Å². The summed E-state index contributed by atoms with van der Waals surface area (Å²) in [6, 6.07) is 0. The Kier molecular flexibility index (Phi) is 4.24. The van der Waals surface area contributed by atoms with E-state index in [4.69, 9.17) is 16.2 Å². The van der Waals surface area contributed by atoms with Gasteiger partial charge in [0, 0.05) is 18.6 Å². The van der Waals surface area contributed by atoms with E-state index in [0.29, 0.717) is 13.7 Å². The molecule has 96 valence electrons. The van der Waals surface area contributed by atoms with E-state index in [-0.39, 0.29) is 19.6 Å². The van der Waals surface area contributed by atoms with Gasteiger partial charge in [0.05, 0.1) is 19.6 Å². The summed E-state index contributed by atoms with van der Waals surface area (Å²) in [5, 5.41) is 20.8. The Hall–Kier alpha value is -2.58. The van der Waals surface area contributed by atoms with Crippen LogP contribution in [0.5, 0.6) is 0 Å². The average molecular weight is 252 g/mol. The maximum Gasteiger partial charge on any atom is 0.337 e. The second kappa shape index (κ2) is 5.66. The summed E-state index contributed by atoms with van der Waals surface area (Å²) in [6.07, 6.45) is 2.57. The molecule has 0 aliphatic rings. The van der Waals surface area contributed by atoms with Gasteiger partial charge >= 0.3 is 17.1 Å². The molecule has 0 aliphatic heterocycles. The highest BCUT2D eigenvalue weighted by molar-refractivity contribution is 5.54. The number of hydrogen-bond acceptors (Lipinski definition) is 6. The summed E-state index contributed by atoms with van der Waals surface area (Å²) in [5.41, 5.74) is -2.59. The van der Waals surface area contributed by atoms with E-state index in [9.17, 15) is 14.4 Å². The molecule has 0 radical (unpaired) electrons. The summed E-state index contributed by atoms with van der Waals surface area (Å²) in [7, 11) is 0. The summed E-state index contributed by atoms with van der Waals surface area (Å²) in [5.74, 6) is 0. The first kappa shape index (κ1) is 13.5. The molecule has 0 saturated carbocycles. The largest absolute Gasteiger partial charge is 0.337 e. The van der Waals surface area contributed by atoms with Crippen LogP contribution in [0.1, 0.15) is 0 Å². The van der Waals surface area contributed by atoms with Crippen molar-refractivity contribution in [2.24, 2.45) is 0 Å². The van der Waals surface area contributed by atoms with Gasteiger partial charge in [0.15, 0.2) is 0 Å². The third-order valence-corrected chi connectivity index (χ3v) is 2.21. The van der Waals surface area contributed by atoms with Crippen molar-refractivity contribution >= 4 is 18.6 Å². The van der Waals surface area contributed by atoms with Crippen molar-refractivity contribution in [3.63, 3.8) is 0 Å². The van der Waals surface area contributed by atoms with E-state index in [2.05, 4.69) is 0 Å². The Balaban J connectivity index is 3.74. The lowest BCUT2D eigenvalue weighted by Gasteiger charge is -2.09. The number of rotatable bonds is 6. The molecule has 0 aliphatic carbocycles. The smallest absolute Gasteiger partial charge is 0.311 e. The van der Waals surface area contributed by atoms with Gasteiger partial charge in [-0.05, 0) is 0 Å². The zero-order chi connectivity index (χ0) is 13.7. The molecule has 0 unspecified atom stereocenters. The molecule has 0 amide bonds. The molecular weight excluding hydrogens is 240 g/mol. The van der Waals surface area contributed by atoms with Gasteiger partial charge in [0.25, 0.3) is 0 Å². The van der Waals surface area contributed by atoms with E-state index in [1.807, 2.05) is 0 Å². The van der Waals surface area contributed by atoms with Crippen LogP contribution in [-0.2, 0) is 19.6 Å². The molecule has 0 spiro atoms. The minimum Gasteiger partial charge on any atom is -0.311 e. The number of nitrogens with one attached hydrogen (secondary N) is 3. The molecule has 9 heteroatoms. The molecule has 0 fully saturated rings. The van der Waals surface area contributed by atoms with Crippen molar-refractivity contribution < 1.29 is 0 Å². The van der Waals surface area contributed by atoms with Crippen molar-refractivity contribution in [3.05, 3.63) is 31.5 Å². The fraction of sp³-hybridized carbons (Fsp3) is 0.333. The van der Waals surface area contributed by atoms with Gasteiger partial charge in [-0.25, -0.2) is 28.1 Å². The highest BCUT2D eigenvalue weighted by Crippen LogP contribution is 1.73. The molecule has 0 bridgehead atoms. The summed E-state index contributed by atoms with van der Waals surface area (Å²) >= 11 is 0. The van der Waals surface area contributed by atoms with Crippen LogP contribution in [0, 0.1) is 16.2 Å². The van der Waals surface area contributed by atoms with Crippen molar-refractivity contribution in [2.75, 3.05) is 0 Å². The summed E-state index contributed by atoms with van der Waals surface area (Å²) < 4.78 is 2.13. The van der Waals surface area contributed by atoms with Gasteiger partial charge in [0.1, 0.15) is 0 Å². The van der Waals surface area contributed by atoms with Crippen LogP contribution in [0.4, 0.5) is 0 Å². The first-order valence-corrected chi connectivity index (χ1v) is 4.99. The van der Waals surface area contributed by atoms with Gasteiger partial charge in [-0.2, -0.15) is 0 Å². The Morgan fingerprint density at radius 3 is 1.06 bits per heavy atom. The molecule has 0 atom stereocenters. The second-order valence-electron chi connectivity index (χ2n) is 3.29. The van der Waals surface area contributed by atoms with Gasteiger partial charge in [-0.15, -0.1) is 0 Å². The normalized spacial score (nSPS) is 10.0. The van der Waals surface area contributed by atoms with E-state index < -0.39 is 17.1 Å². The minimum absolute atomic E-state index is 0.256. The first-order valence-electron chi connectivity index (χ1n) is 4.99. The Morgan fingerprint density at radius 2 is 0.889 bits per heavy atom. The van der Waals surface area contributed by atoms with E-state index in [1.165, 1.54) is 0 Å². The number of aromatic nitrogens is 3. The molecule has 9 nitrogen and oxygen atoms in total. The zero-order valence-electron chi connectivity index (χ0n) is 9.42. The molecule has 1 rings (SSSR count). The second-order valence-corrected chi connectivity index (χ2v) is 3.29. The van der Waals surface area contributed by atoms with Crippen molar-refractivity contribution in [1.82, 2.24) is 13.7 Å². The zero-order valence-corrected chi connectivity index (χ0v) is 9.42. The highest BCUT2D eigenvalue weighted by Gasteiger charge is 2.13. The molecule has 1 heterocycles. The predicted molar refractivity (Wildman–Crippen MR) is 65.6 cm³/mol. The predicted octanol–water partition coefficient (Wildman–Crippen LogP) is -1.88. The van der Waals surface area contributed by atoms with Gasteiger partial charge in [-0.1, -0.05) is 0 Å². The third kappa shape index (κ3) is 2.24. The quantitative estimate of drug-likeness (QED) is 0.511. The molecule has 1 aromatic rings. The maximum atomic E-state index is 11.8. The average Bonchev–Trinajstić information content (AvgIpc) is 2.35. The van der Waals surface area contributed by atoms with Gasteiger partial charge in [-0.3, -0.25) is 0 Å². The lowest BCUT2D eigenvalue weighted by Crippen LogP contribution is -2.55. The molecule has 18 heavy (non-hydrogen) atoms. The summed E-state index contributed by atoms with van der Waals surface area (Å²) in [6.45, 7) is -0.768. The molecule has 0 aromatic carbocycles. The fourth-order valence-corrected chi connectivity index (χ4v) is 1.43. The lowest BCUT2D eigenvalue weighted by molar-refractivity contribution is 0.522. The highest BCUT2D eigenvalue weighted by atomic mass is 16.2. The molecular formula is C9H12N6O3. The van der Waals surface area contributed by atoms with Gasteiger partial charge < -0.3 is 16.2 Å². The first-order chi connectivity index (χ1) is 8.58. The van der Waals surface area contributed by atoms with Crippen LogP contribution >= 0.6 is 0 Å². The Labute approximate surface area is 100 Å². The molecule has 3 N–H and O–H groups in total. The van der Waals surface area contributed by atoms with Crippen LogP contribution < -0.4 is 17.1 Å². The third-order valence-electron chi connectivity index (χ3n) is 2.21. The lowest BCUT2D eigenvalue weighted by atomic mass is 10.6. The van der Waals surface area contributed by atoms with Crippen molar-refractivity contribution in [1.29, 1.82) is 16.2 Å². The van der Waals surface area contributed by atoms with Crippen LogP contribution in [0.15, 0.2) is 14.4 Å². The molecule has 0 saturated heterocycles. The monoisotopic (exact) mass is 252 g/mol. The van der Waals surface area contributed by atoms with Crippen LogP contribution in [0.2, 0.25) is 0 Å². The van der Waals surface area contributed by atoms with Crippen molar-refractivity contribution in [2.45, 2.75) is 19.6 Å². The van der Waals surface area contributed by atoms with E-state index in [1.54, 1.807) is 0 Å². The topological polar surface area (TPSA) is 138 Å². The summed E-state index contributed by atoms with van der Waals surface area (Å²) in [4.78, 5) is 35.4. The standard InChI is InChI=1S/C9H12N6O3/c10-1-4-13-7(16)14(5-2-11)9(18)15(6-3-12)8(13)17/h1-3,10-12H,4-6H2.